The van der Waals surface area contributed by atoms with Gasteiger partial charge in [-0.3, -0.25) is 4.79 Å². The van der Waals surface area contributed by atoms with Crippen LogP contribution in [0.25, 0.3) is 0 Å². The summed E-state index contributed by atoms with van der Waals surface area (Å²) in [5.74, 6) is 0.0803. The lowest BCUT2D eigenvalue weighted by atomic mass is 9.81. The molecule has 0 bridgehead atoms. The number of halogens is 3. The highest BCUT2D eigenvalue weighted by Crippen LogP contribution is 2.37. The number of nitrogens with zero attached hydrogens (tertiary/aromatic N) is 2. The number of ether oxygens (including phenoxy) is 1. The van der Waals surface area contributed by atoms with Gasteiger partial charge in [0.2, 0.25) is 0 Å². The van der Waals surface area contributed by atoms with E-state index < -0.39 is 11.9 Å². The lowest BCUT2D eigenvalue weighted by molar-refractivity contribution is -0.149. The number of aromatic nitrogens is 2. The maximum Gasteiger partial charge on any atom is 0.434 e. The molecule has 0 aliphatic heterocycles. The molecule has 1 fully saturated rings. The smallest absolute Gasteiger partial charge is 0.434 e. The van der Waals surface area contributed by atoms with Crippen molar-refractivity contribution in [1.82, 2.24) is 9.55 Å². The Hall–Kier alpha value is -1.53. The topological polar surface area (TPSA) is 44.1 Å². The molecule has 2 rings (SSSR count). The molecule has 0 amide bonds. The Balaban J connectivity index is 2.03. The zero-order chi connectivity index (χ0) is 15.6. The van der Waals surface area contributed by atoms with Crippen LogP contribution in [0.3, 0.4) is 0 Å². The van der Waals surface area contributed by atoms with Crippen molar-refractivity contribution < 1.29 is 22.7 Å². The summed E-state index contributed by atoms with van der Waals surface area (Å²) in [5, 5.41) is 0. The molecule has 21 heavy (non-hydrogen) atoms. The van der Waals surface area contributed by atoms with Crippen LogP contribution in [-0.4, -0.2) is 22.1 Å². The van der Waals surface area contributed by atoms with Crippen LogP contribution in [0, 0.1) is 5.92 Å². The summed E-state index contributed by atoms with van der Waals surface area (Å²) in [6.45, 7) is 2.11. The Bertz CT molecular complexity index is 503. The van der Waals surface area contributed by atoms with Crippen molar-refractivity contribution in [1.29, 1.82) is 0 Å². The van der Waals surface area contributed by atoms with Crippen molar-refractivity contribution in [2.24, 2.45) is 13.0 Å². The molecule has 118 valence electrons. The van der Waals surface area contributed by atoms with Crippen molar-refractivity contribution in [2.75, 3.05) is 6.61 Å². The maximum atomic E-state index is 12.7. The average molecular weight is 304 g/mol. The van der Waals surface area contributed by atoms with E-state index in [1.807, 2.05) is 0 Å². The van der Waals surface area contributed by atoms with Crippen LogP contribution in [0.2, 0.25) is 0 Å². The summed E-state index contributed by atoms with van der Waals surface area (Å²) >= 11 is 0. The first-order valence-corrected chi connectivity index (χ1v) is 7.10. The summed E-state index contributed by atoms with van der Waals surface area (Å²) in [6.07, 6.45) is -0.808. The van der Waals surface area contributed by atoms with Gasteiger partial charge in [-0.25, -0.2) is 4.98 Å². The van der Waals surface area contributed by atoms with E-state index in [2.05, 4.69) is 4.98 Å². The Morgan fingerprint density at radius 1 is 1.38 bits per heavy atom. The fraction of sp³-hybridized carbons (Fsp3) is 0.714. The summed E-state index contributed by atoms with van der Waals surface area (Å²) in [6, 6.07) is 0. The van der Waals surface area contributed by atoms with Gasteiger partial charge in [-0.05, 0) is 32.6 Å². The minimum atomic E-state index is -4.42. The second-order valence-electron chi connectivity index (χ2n) is 5.39. The summed E-state index contributed by atoms with van der Waals surface area (Å²) in [5.41, 5.74) is -0.854. The third-order valence-corrected chi connectivity index (χ3v) is 3.92. The average Bonchev–Trinajstić information content (AvgIpc) is 2.81. The van der Waals surface area contributed by atoms with Gasteiger partial charge in [0.1, 0.15) is 5.82 Å². The molecule has 7 heteroatoms. The van der Waals surface area contributed by atoms with E-state index in [1.165, 1.54) is 4.57 Å². The Labute approximate surface area is 121 Å². The zero-order valence-electron chi connectivity index (χ0n) is 12.1. The van der Waals surface area contributed by atoms with Crippen LogP contribution < -0.4 is 0 Å². The predicted octanol–water partition coefficient (Wildman–Crippen LogP) is 3.28. The van der Waals surface area contributed by atoms with Crippen LogP contribution in [0.15, 0.2) is 6.20 Å². The van der Waals surface area contributed by atoms with Crippen molar-refractivity contribution in [3.63, 3.8) is 0 Å². The summed E-state index contributed by atoms with van der Waals surface area (Å²) < 4.78 is 44.4. The van der Waals surface area contributed by atoms with Crippen molar-refractivity contribution in [3.05, 3.63) is 17.7 Å². The van der Waals surface area contributed by atoms with Gasteiger partial charge in [-0.1, -0.05) is 0 Å². The number of carbonyl (C=O) groups excluding carboxylic acids is 1. The minimum absolute atomic E-state index is 0.0308. The number of hydrogen-bond acceptors (Lipinski definition) is 3. The predicted molar refractivity (Wildman–Crippen MR) is 69.5 cm³/mol. The second kappa shape index (κ2) is 6.07. The van der Waals surface area contributed by atoms with E-state index in [0.717, 1.165) is 6.20 Å². The van der Waals surface area contributed by atoms with E-state index >= 15 is 0 Å². The molecule has 0 spiro atoms. The van der Waals surface area contributed by atoms with Crippen molar-refractivity contribution >= 4 is 5.97 Å². The molecule has 1 aromatic rings. The van der Waals surface area contributed by atoms with Crippen molar-refractivity contribution in [2.45, 2.75) is 44.7 Å². The monoisotopic (exact) mass is 304 g/mol. The number of carbonyl (C=O) groups is 1. The highest BCUT2D eigenvalue weighted by molar-refractivity contribution is 5.72. The van der Waals surface area contributed by atoms with Gasteiger partial charge < -0.3 is 9.30 Å². The molecular formula is C14H19F3N2O2. The van der Waals surface area contributed by atoms with Crippen molar-refractivity contribution in [3.8, 4) is 0 Å². The quantitative estimate of drug-likeness (QED) is 0.805. The first-order chi connectivity index (χ1) is 9.82. The minimum Gasteiger partial charge on any atom is -0.466 e. The van der Waals surface area contributed by atoms with E-state index in [9.17, 15) is 18.0 Å². The first kappa shape index (κ1) is 15.9. The van der Waals surface area contributed by atoms with Crippen LogP contribution in [0.5, 0.6) is 0 Å². The highest BCUT2D eigenvalue weighted by atomic mass is 19.4. The SMILES string of the molecule is CCOC(=O)C1CCC(c2nc(C(F)(F)F)cn2C)CC1. The zero-order valence-corrected chi connectivity index (χ0v) is 12.1. The molecule has 1 saturated carbocycles. The first-order valence-electron chi connectivity index (χ1n) is 7.10. The van der Waals surface area contributed by atoms with E-state index in [1.54, 1.807) is 14.0 Å². The molecule has 0 aromatic carbocycles. The molecular weight excluding hydrogens is 285 g/mol. The van der Waals surface area contributed by atoms with Gasteiger partial charge in [-0.15, -0.1) is 0 Å². The van der Waals surface area contributed by atoms with Gasteiger partial charge in [0.05, 0.1) is 12.5 Å². The molecule has 4 nitrogen and oxygen atoms in total. The Morgan fingerprint density at radius 3 is 2.48 bits per heavy atom. The van der Waals surface area contributed by atoms with Gasteiger partial charge in [0.15, 0.2) is 5.69 Å². The molecule has 1 aliphatic rings. The van der Waals surface area contributed by atoms with Gasteiger partial charge in [0.25, 0.3) is 0 Å². The van der Waals surface area contributed by atoms with Gasteiger partial charge in [0, 0.05) is 19.2 Å². The standard InChI is InChI=1S/C14H19F3N2O2/c1-3-21-13(20)10-6-4-9(5-7-10)12-18-11(8-19(12)2)14(15,16)17/h8-10H,3-7H2,1-2H3. The second-order valence-corrected chi connectivity index (χ2v) is 5.39. The number of alkyl halides is 3. The Kier molecular flexibility index (Phi) is 4.58. The maximum absolute atomic E-state index is 12.7. The molecule has 0 atom stereocenters. The van der Waals surface area contributed by atoms with E-state index in [-0.39, 0.29) is 17.8 Å². The van der Waals surface area contributed by atoms with Gasteiger partial charge >= 0.3 is 12.1 Å². The Morgan fingerprint density at radius 2 is 2.00 bits per heavy atom. The van der Waals surface area contributed by atoms with Gasteiger partial charge in [-0.2, -0.15) is 13.2 Å². The molecule has 0 unspecified atom stereocenters. The highest BCUT2D eigenvalue weighted by Gasteiger charge is 2.36. The fourth-order valence-electron chi connectivity index (χ4n) is 2.84. The third-order valence-electron chi connectivity index (χ3n) is 3.92. The number of hydrogen-bond donors (Lipinski definition) is 0. The molecule has 0 saturated heterocycles. The fourth-order valence-corrected chi connectivity index (χ4v) is 2.84. The number of esters is 1. The molecule has 0 N–H and O–H groups in total. The van der Waals surface area contributed by atoms with Crippen LogP contribution in [0.4, 0.5) is 13.2 Å². The lowest BCUT2D eigenvalue weighted by Gasteiger charge is -2.26. The third kappa shape index (κ3) is 3.57. The largest absolute Gasteiger partial charge is 0.466 e. The summed E-state index contributed by atoms with van der Waals surface area (Å²) in [4.78, 5) is 15.4. The van der Waals surface area contributed by atoms with E-state index in [4.69, 9.17) is 4.74 Å². The van der Waals surface area contributed by atoms with Crippen LogP contribution >= 0.6 is 0 Å². The number of aryl methyl sites for hydroxylation is 1. The molecule has 1 aliphatic carbocycles. The molecule has 1 heterocycles. The molecule has 0 radical (unpaired) electrons. The van der Waals surface area contributed by atoms with Crippen LogP contribution in [0.1, 0.15) is 50.0 Å². The number of imidazole rings is 1. The number of rotatable bonds is 3. The lowest BCUT2D eigenvalue weighted by Crippen LogP contribution is -2.24. The van der Waals surface area contributed by atoms with Crippen LogP contribution in [-0.2, 0) is 22.8 Å². The van der Waals surface area contributed by atoms with E-state index in [0.29, 0.717) is 38.1 Å². The normalized spacial score (nSPS) is 23.1. The summed E-state index contributed by atoms with van der Waals surface area (Å²) in [7, 11) is 1.58. The molecule has 1 aromatic heterocycles.